The summed E-state index contributed by atoms with van der Waals surface area (Å²) in [5.41, 5.74) is 4.90. The molecule has 2 fully saturated rings. The van der Waals surface area contributed by atoms with Gasteiger partial charge in [-0.3, -0.25) is 4.79 Å². The molecule has 1 saturated heterocycles. The van der Waals surface area contributed by atoms with Gasteiger partial charge in [-0.15, -0.1) is 0 Å². The Labute approximate surface area is 112 Å². The van der Waals surface area contributed by atoms with Crippen LogP contribution in [0.1, 0.15) is 32.1 Å². The zero-order chi connectivity index (χ0) is 13.4. The van der Waals surface area contributed by atoms with Gasteiger partial charge in [0, 0.05) is 6.54 Å². The first-order chi connectivity index (χ1) is 8.38. The standard InChI is InChI=1S/C11H18N2O3S2/c12-9(17)11(4-2-5-11)10(14)13-7-8-3-1-6-18(8,15)16/h8H,1-7H2,(H2,12,17)(H,13,14). The highest BCUT2D eigenvalue weighted by Gasteiger charge is 2.47. The molecule has 0 spiro atoms. The van der Waals surface area contributed by atoms with E-state index >= 15 is 0 Å². The molecule has 1 saturated carbocycles. The van der Waals surface area contributed by atoms with Crippen LogP contribution in [0.4, 0.5) is 0 Å². The van der Waals surface area contributed by atoms with Crippen molar-refractivity contribution >= 4 is 33.0 Å². The van der Waals surface area contributed by atoms with Gasteiger partial charge in [0.2, 0.25) is 5.91 Å². The number of nitrogens with two attached hydrogens (primary N) is 1. The Balaban J connectivity index is 1.95. The van der Waals surface area contributed by atoms with E-state index in [1.807, 2.05) is 0 Å². The Bertz CT molecular complexity index is 469. The highest BCUT2D eigenvalue weighted by Crippen LogP contribution is 2.41. The number of thiocarbonyl (C=S) groups is 1. The average molecular weight is 290 g/mol. The van der Waals surface area contributed by atoms with Crippen LogP contribution in [0.15, 0.2) is 0 Å². The third kappa shape index (κ3) is 2.25. The number of hydrogen-bond donors (Lipinski definition) is 2. The van der Waals surface area contributed by atoms with E-state index in [0.29, 0.717) is 25.7 Å². The number of carbonyl (C=O) groups is 1. The molecule has 2 rings (SSSR count). The van der Waals surface area contributed by atoms with Gasteiger partial charge in [0.25, 0.3) is 0 Å². The lowest BCUT2D eigenvalue weighted by Gasteiger charge is -2.39. The van der Waals surface area contributed by atoms with Crippen molar-refractivity contribution < 1.29 is 13.2 Å². The molecule has 102 valence electrons. The molecule has 18 heavy (non-hydrogen) atoms. The van der Waals surface area contributed by atoms with E-state index in [-0.39, 0.29) is 23.2 Å². The van der Waals surface area contributed by atoms with Crippen molar-refractivity contribution in [2.75, 3.05) is 12.3 Å². The monoisotopic (exact) mass is 290 g/mol. The first-order valence-corrected chi connectivity index (χ1v) is 8.31. The van der Waals surface area contributed by atoms with Gasteiger partial charge in [0.05, 0.1) is 21.4 Å². The fourth-order valence-electron chi connectivity index (χ4n) is 2.58. The van der Waals surface area contributed by atoms with Crippen molar-refractivity contribution in [3.63, 3.8) is 0 Å². The Morgan fingerprint density at radius 1 is 1.39 bits per heavy atom. The van der Waals surface area contributed by atoms with Crippen LogP contribution in [0, 0.1) is 5.41 Å². The van der Waals surface area contributed by atoms with Crippen LogP contribution in [0.3, 0.4) is 0 Å². The second kappa shape index (κ2) is 4.77. The molecule has 1 aliphatic carbocycles. The first-order valence-electron chi connectivity index (χ1n) is 6.18. The summed E-state index contributed by atoms with van der Waals surface area (Å²) in [4.78, 5) is 12.3. The van der Waals surface area contributed by atoms with E-state index in [4.69, 9.17) is 18.0 Å². The second-order valence-electron chi connectivity index (χ2n) is 5.14. The van der Waals surface area contributed by atoms with Gasteiger partial charge < -0.3 is 11.1 Å². The minimum Gasteiger partial charge on any atom is -0.392 e. The number of carbonyl (C=O) groups excluding carboxylic acids is 1. The van der Waals surface area contributed by atoms with Crippen LogP contribution in [0.2, 0.25) is 0 Å². The lowest BCUT2D eigenvalue weighted by Crippen LogP contribution is -2.54. The fraction of sp³-hybridized carbons (Fsp3) is 0.818. The van der Waals surface area contributed by atoms with Gasteiger partial charge in [-0.05, 0) is 25.7 Å². The summed E-state index contributed by atoms with van der Waals surface area (Å²) in [5.74, 6) is 0.0249. The molecule has 1 aliphatic heterocycles. The summed E-state index contributed by atoms with van der Waals surface area (Å²) < 4.78 is 23.3. The highest BCUT2D eigenvalue weighted by atomic mass is 32.2. The second-order valence-corrected chi connectivity index (χ2v) is 7.98. The zero-order valence-electron chi connectivity index (χ0n) is 10.1. The summed E-state index contributed by atoms with van der Waals surface area (Å²) in [7, 11) is -3.02. The van der Waals surface area contributed by atoms with Gasteiger partial charge >= 0.3 is 0 Å². The molecule has 0 aromatic carbocycles. The zero-order valence-corrected chi connectivity index (χ0v) is 11.8. The maximum atomic E-state index is 12.1. The lowest BCUT2D eigenvalue weighted by molar-refractivity contribution is -0.130. The van der Waals surface area contributed by atoms with Crippen LogP contribution in [0.25, 0.3) is 0 Å². The Hall–Kier alpha value is -0.690. The molecular weight excluding hydrogens is 272 g/mol. The predicted octanol–water partition coefficient (Wildman–Crippen LogP) is 0.136. The lowest BCUT2D eigenvalue weighted by atomic mass is 9.68. The first kappa shape index (κ1) is 13.7. The molecule has 1 heterocycles. The van der Waals surface area contributed by atoms with Gasteiger partial charge in [-0.1, -0.05) is 18.6 Å². The van der Waals surface area contributed by atoms with Crippen molar-refractivity contribution in [1.82, 2.24) is 5.32 Å². The van der Waals surface area contributed by atoms with E-state index in [2.05, 4.69) is 5.32 Å². The SMILES string of the molecule is NC(=S)C1(C(=O)NCC2CCCS2(=O)=O)CCC1. The van der Waals surface area contributed by atoms with Crippen LogP contribution >= 0.6 is 12.2 Å². The summed E-state index contributed by atoms with van der Waals surface area (Å²) in [6.45, 7) is 0.186. The molecule has 1 atom stereocenters. The van der Waals surface area contributed by atoms with E-state index in [9.17, 15) is 13.2 Å². The quantitative estimate of drug-likeness (QED) is 0.719. The van der Waals surface area contributed by atoms with Crippen molar-refractivity contribution in [2.24, 2.45) is 11.1 Å². The van der Waals surface area contributed by atoms with E-state index < -0.39 is 20.5 Å². The third-order valence-corrected chi connectivity index (χ3v) is 6.73. The maximum Gasteiger partial charge on any atom is 0.233 e. The molecule has 1 amide bonds. The molecule has 0 radical (unpaired) electrons. The summed E-state index contributed by atoms with van der Waals surface area (Å²) >= 11 is 4.95. The van der Waals surface area contributed by atoms with Gasteiger partial charge in [0.15, 0.2) is 9.84 Å². The maximum absolute atomic E-state index is 12.1. The number of hydrogen-bond acceptors (Lipinski definition) is 4. The van der Waals surface area contributed by atoms with Crippen LogP contribution in [-0.2, 0) is 14.6 Å². The molecule has 7 heteroatoms. The molecule has 5 nitrogen and oxygen atoms in total. The molecule has 0 bridgehead atoms. The average Bonchev–Trinajstić information content (AvgIpc) is 2.52. The molecule has 1 unspecified atom stereocenters. The van der Waals surface area contributed by atoms with Crippen molar-refractivity contribution in [3.05, 3.63) is 0 Å². The molecule has 0 aromatic heterocycles. The number of amides is 1. The number of sulfone groups is 1. The number of nitrogens with one attached hydrogen (secondary N) is 1. The van der Waals surface area contributed by atoms with Crippen molar-refractivity contribution in [1.29, 1.82) is 0 Å². The summed E-state index contributed by atoms with van der Waals surface area (Å²) in [6.07, 6.45) is 3.59. The van der Waals surface area contributed by atoms with Crippen LogP contribution in [-0.4, -0.2) is 36.9 Å². The smallest absolute Gasteiger partial charge is 0.233 e. The van der Waals surface area contributed by atoms with Crippen molar-refractivity contribution in [3.8, 4) is 0 Å². The van der Waals surface area contributed by atoms with Gasteiger partial charge in [-0.2, -0.15) is 0 Å². The Morgan fingerprint density at radius 2 is 2.06 bits per heavy atom. The van der Waals surface area contributed by atoms with E-state index in [1.165, 1.54) is 0 Å². The normalized spacial score (nSPS) is 28.3. The van der Waals surface area contributed by atoms with Gasteiger partial charge in [-0.25, -0.2) is 8.42 Å². The molecule has 3 N–H and O–H groups in total. The third-order valence-electron chi connectivity index (χ3n) is 4.07. The highest BCUT2D eigenvalue weighted by molar-refractivity contribution is 7.92. The van der Waals surface area contributed by atoms with Crippen LogP contribution < -0.4 is 11.1 Å². The summed E-state index contributed by atoms with van der Waals surface area (Å²) in [5, 5.41) is 2.28. The van der Waals surface area contributed by atoms with Gasteiger partial charge in [0.1, 0.15) is 0 Å². The topological polar surface area (TPSA) is 89.3 Å². The molecular formula is C11H18N2O3S2. The van der Waals surface area contributed by atoms with E-state index in [0.717, 1.165) is 6.42 Å². The number of rotatable bonds is 4. The summed E-state index contributed by atoms with van der Waals surface area (Å²) in [6, 6.07) is 0. The predicted molar refractivity (Wildman–Crippen MR) is 72.9 cm³/mol. The minimum atomic E-state index is -3.02. The Kier molecular flexibility index (Phi) is 3.64. The van der Waals surface area contributed by atoms with E-state index in [1.54, 1.807) is 0 Å². The molecule has 2 aliphatic rings. The van der Waals surface area contributed by atoms with Crippen molar-refractivity contribution in [2.45, 2.75) is 37.4 Å². The Morgan fingerprint density at radius 3 is 2.44 bits per heavy atom. The minimum absolute atomic E-state index is 0.186. The fourth-order valence-corrected chi connectivity index (χ4v) is 4.64. The largest absolute Gasteiger partial charge is 0.392 e. The molecule has 0 aromatic rings. The van der Waals surface area contributed by atoms with Crippen LogP contribution in [0.5, 0.6) is 0 Å².